The number of ether oxygens (including phenoxy) is 1. The van der Waals surface area contributed by atoms with Crippen molar-refractivity contribution in [1.82, 2.24) is 63.0 Å². The first kappa shape index (κ1) is 89.7. The number of nitrogens with one attached hydrogen (secondary N) is 10. The second kappa shape index (κ2) is 44.4. The normalized spacial score (nSPS) is 28.4. The largest absolute Gasteiger partial charge is 0.508 e. The van der Waals surface area contributed by atoms with Crippen molar-refractivity contribution in [3.63, 3.8) is 0 Å². The third-order valence-electron chi connectivity index (χ3n) is 18.6. The Hall–Kier alpha value is -8.70. The van der Waals surface area contributed by atoms with Crippen LogP contribution in [-0.2, 0) is 73.5 Å². The lowest BCUT2D eigenvalue weighted by Crippen LogP contribution is -2.64. The Balaban J connectivity index is 1.78. The summed E-state index contributed by atoms with van der Waals surface area (Å²) in [6.45, 7) is 8.54. The summed E-state index contributed by atoms with van der Waals surface area (Å²) >= 11 is 0. The molecule has 106 heavy (non-hydrogen) atoms. The molecule has 0 saturated carbocycles. The van der Waals surface area contributed by atoms with Gasteiger partial charge in [-0.2, -0.15) is 5.26 Å². The van der Waals surface area contributed by atoms with Gasteiger partial charge < -0.3 is 114 Å². The maximum absolute atomic E-state index is 14.7. The van der Waals surface area contributed by atoms with Gasteiger partial charge in [0.15, 0.2) is 0 Å². The van der Waals surface area contributed by atoms with Crippen LogP contribution in [0.5, 0.6) is 5.75 Å². The van der Waals surface area contributed by atoms with Gasteiger partial charge in [-0.3, -0.25) is 57.5 Å². The van der Waals surface area contributed by atoms with E-state index in [1.807, 2.05) is 0 Å². The summed E-state index contributed by atoms with van der Waals surface area (Å²) in [7, 11) is 0. The molecule has 4 rings (SSSR count). The van der Waals surface area contributed by atoms with Crippen molar-refractivity contribution in [3.05, 3.63) is 29.8 Å². The van der Waals surface area contributed by atoms with E-state index in [1.54, 1.807) is 6.07 Å². The molecule has 36 nitrogen and oxygen atoms in total. The molecular weight excluding hydrogens is 1390 g/mol. The second-order valence-corrected chi connectivity index (χ2v) is 28.0. The number of aliphatic hydroxyl groups excluding tert-OH is 7. The number of benzene rings is 1. The molecule has 3 aliphatic heterocycles. The molecule has 0 radical (unpaired) electrons. The van der Waals surface area contributed by atoms with E-state index < -0.39 is 237 Å². The minimum absolute atomic E-state index is 0.0690. The van der Waals surface area contributed by atoms with Crippen molar-refractivity contribution in [2.45, 2.75) is 286 Å². The van der Waals surface area contributed by atoms with E-state index in [2.05, 4.69) is 60.1 Å². The minimum atomic E-state index is -2.12. The van der Waals surface area contributed by atoms with Gasteiger partial charge in [-0.1, -0.05) is 97.1 Å². The van der Waals surface area contributed by atoms with E-state index in [-0.39, 0.29) is 38.0 Å². The number of hydrogen-bond acceptors (Lipinski definition) is 24. The van der Waals surface area contributed by atoms with Gasteiger partial charge in [0.1, 0.15) is 78.3 Å². The van der Waals surface area contributed by atoms with Crippen molar-refractivity contribution >= 4 is 76.9 Å². The van der Waals surface area contributed by atoms with Crippen LogP contribution in [0.2, 0.25) is 0 Å². The number of cyclic esters (lactones) is 1. The number of amides is 12. The number of aromatic hydroxyl groups is 1. The van der Waals surface area contributed by atoms with Gasteiger partial charge >= 0.3 is 5.97 Å². The van der Waals surface area contributed by atoms with Crippen LogP contribution in [-0.4, -0.2) is 269 Å². The number of aliphatic hydroxyl groups is 7. The van der Waals surface area contributed by atoms with Crippen molar-refractivity contribution in [2.24, 2.45) is 11.7 Å². The molecule has 0 aromatic heterocycles. The zero-order valence-electron chi connectivity index (χ0n) is 61.6. The average Bonchev–Trinajstić information content (AvgIpc) is 1.62. The number of nitriles is 1. The Morgan fingerprint density at radius 3 is 1.61 bits per heavy atom. The summed E-state index contributed by atoms with van der Waals surface area (Å²) < 4.78 is 5.89. The van der Waals surface area contributed by atoms with Crippen LogP contribution in [0.1, 0.15) is 170 Å². The predicted molar refractivity (Wildman–Crippen MR) is 377 cm³/mol. The fraction of sp³-hybridized carbons (Fsp3) is 0.714. The summed E-state index contributed by atoms with van der Waals surface area (Å²) in [5, 5.41) is 120. The number of phenolic OH excluding ortho intramolecular Hbond substituents is 1. The molecule has 0 bridgehead atoms. The highest BCUT2D eigenvalue weighted by atomic mass is 16.5. The smallest absolute Gasteiger partial charge is 0.328 e. The second-order valence-electron chi connectivity index (χ2n) is 28.0. The highest BCUT2D eigenvalue weighted by Gasteiger charge is 2.48. The summed E-state index contributed by atoms with van der Waals surface area (Å²) in [4.78, 5) is 186. The van der Waals surface area contributed by atoms with Gasteiger partial charge in [0.2, 0.25) is 70.9 Å². The lowest BCUT2D eigenvalue weighted by Gasteiger charge is -2.33. The molecule has 0 aliphatic carbocycles. The maximum atomic E-state index is 14.7. The molecule has 19 atom stereocenters. The number of carbonyl (C=O) groups is 13. The number of rotatable bonds is 23. The summed E-state index contributed by atoms with van der Waals surface area (Å²) in [5.41, 5.74) is 6.26. The average molecular weight is 1500 g/mol. The van der Waals surface area contributed by atoms with Crippen molar-refractivity contribution in [2.75, 3.05) is 26.2 Å². The number of phenols is 1. The summed E-state index contributed by atoms with van der Waals surface area (Å²) in [6.07, 6.45) is -5.69. The van der Waals surface area contributed by atoms with E-state index in [0.717, 1.165) is 77.0 Å². The van der Waals surface area contributed by atoms with Crippen molar-refractivity contribution in [1.29, 1.82) is 5.26 Å². The maximum Gasteiger partial charge on any atom is 0.328 e. The van der Waals surface area contributed by atoms with Gasteiger partial charge in [0.05, 0.1) is 68.2 Å². The number of nitrogens with zero attached hydrogens (tertiary/aromatic N) is 3. The highest BCUT2D eigenvalue weighted by Crippen LogP contribution is 2.25. The van der Waals surface area contributed by atoms with Crippen LogP contribution in [0.4, 0.5) is 0 Å². The van der Waals surface area contributed by atoms with Crippen LogP contribution < -0.4 is 58.9 Å². The topological polar surface area (TPSA) is 570 Å². The van der Waals surface area contributed by atoms with E-state index in [0.29, 0.717) is 23.3 Å². The molecule has 20 N–H and O–H groups in total. The molecule has 3 aliphatic rings. The van der Waals surface area contributed by atoms with E-state index >= 15 is 0 Å². The van der Waals surface area contributed by atoms with E-state index in [9.17, 15) is 108 Å². The molecule has 1 aromatic rings. The summed E-state index contributed by atoms with van der Waals surface area (Å²) in [5.74, 6) is -15.8. The Morgan fingerprint density at radius 2 is 1.06 bits per heavy atom. The summed E-state index contributed by atoms with van der Waals surface area (Å²) in [6, 6.07) is -12.5. The van der Waals surface area contributed by atoms with E-state index in [1.165, 1.54) is 58.4 Å². The fourth-order valence-electron chi connectivity index (χ4n) is 12.5. The Kier molecular flexibility index (Phi) is 37.6. The lowest BCUT2D eigenvalue weighted by molar-refractivity contribution is -0.155. The van der Waals surface area contributed by atoms with Gasteiger partial charge in [0.25, 0.3) is 0 Å². The molecule has 594 valence electrons. The lowest BCUT2D eigenvalue weighted by atomic mass is 9.99. The SMILES string of the molecule is CCCCCCCCCCCCC[C@@H]1CC(=O)N[C@@H]([C@@H](C)O)C(=O)N[C@H](C)C(=O)N[C@@H](Cc2ccc(O)cc2)C(=O)N[C@@H](C(C)C)C(=O)N2C[C@H](O)C[C@H]2C(=O)N[C@@H]([C@@H](C)O)C(=O)N[C@@H]([C@@H](C)O)C(=O)N2CC[C@H](O)[C@H]2C(=O)N[C@@H]([C@H](O)CC#N)C(=O)NCC(=O)N[C@@H]([C@@H](C)O)C(=O)N[C@@H](CCN)C(=O)O1. The van der Waals surface area contributed by atoms with Crippen molar-refractivity contribution < 1.29 is 108 Å². The zero-order valence-corrected chi connectivity index (χ0v) is 61.6. The van der Waals surface area contributed by atoms with Gasteiger partial charge in [-0.15, -0.1) is 0 Å². The van der Waals surface area contributed by atoms with E-state index in [4.69, 9.17) is 10.5 Å². The number of carbonyl (C=O) groups excluding carboxylic acids is 13. The number of nitrogens with two attached hydrogens (primary N) is 1. The number of esters is 1. The first-order valence-electron chi connectivity index (χ1n) is 36.5. The molecule has 36 heteroatoms. The first-order chi connectivity index (χ1) is 50.0. The van der Waals surface area contributed by atoms with Gasteiger partial charge in [-0.25, -0.2) is 4.79 Å². The molecule has 0 spiro atoms. The van der Waals surface area contributed by atoms with Gasteiger partial charge in [-0.05, 0) is 90.5 Å². The minimum Gasteiger partial charge on any atom is -0.508 e. The first-order valence-corrected chi connectivity index (χ1v) is 36.5. The van der Waals surface area contributed by atoms with Crippen LogP contribution in [0.15, 0.2) is 24.3 Å². The predicted octanol–water partition coefficient (Wildman–Crippen LogP) is -4.82. The van der Waals surface area contributed by atoms with Crippen LogP contribution in [0, 0.1) is 17.2 Å². The van der Waals surface area contributed by atoms with Crippen molar-refractivity contribution in [3.8, 4) is 11.8 Å². The molecule has 0 unspecified atom stereocenters. The number of fused-ring (bicyclic) bond motifs is 2. The third-order valence-corrected chi connectivity index (χ3v) is 18.6. The Bertz CT molecular complexity index is 3170. The third kappa shape index (κ3) is 27.9. The molecule has 12 amide bonds. The van der Waals surface area contributed by atoms with Gasteiger partial charge in [0, 0.05) is 25.9 Å². The quantitative estimate of drug-likeness (QED) is 0.0361. The Morgan fingerprint density at radius 1 is 0.557 bits per heavy atom. The Labute approximate surface area is 616 Å². The zero-order chi connectivity index (χ0) is 79.2. The molecule has 3 heterocycles. The molecule has 3 saturated heterocycles. The molecule has 1 aromatic carbocycles. The van der Waals surface area contributed by atoms with Crippen LogP contribution in [0.25, 0.3) is 0 Å². The fourth-order valence-corrected chi connectivity index (χ4v) is 12.5. The monoisotopic (exact) mass is 1500 g/mol. The van der Waals surface area contributed by atoms with Crippen LogP contribution >= 0.6 is 0 Å². The standard InChI is InChI=1S/C70H112N14O22/c1-9-10-11-12-13-14-15-16-17-18-19-20-45-33-51(93)77-54(38(5)85)64(99)74-37(4)60(95)76-47(31-42-21-23-43(89)24-22-42)61(96)79-53(36(2)3)68(103)84-35-44(90)32-48(84)62(97)80-56(40(7)87)66(101)81-57(41(8)88)69(104)83-30-27-50(92)59(83)67(102)82-58(49(91)26-29-72)63(98)73-34-52(94)78-55(39(6)86)65(100)75-46(25-28-71)70(105)106-45/h21-24,36-41,44-50,53-59,85-92H,9-20,25-28,30-35,71H2,1-8H3,(H,73,98)(H,74,99)(H,75,100)(H,76,95)(H,77,93)(H,78,94)(H,79,96)(H,80,97)(H,81,101)(H,82,102)/t37-,38-,39-,40-,41-,44-,45-,46+,47+,48+,49-,50+,53+,54+,55+,56+,57+,58+,59+/m1/s1. The number of hydrogen-bond donors (Lipinski definition) is 19. The molecule has 3 fully saturated rings. The van der Waals surface area contributed by atoms with Crippen LogP contribution in [0.3, 0.4) is 0 Å². The molecular formula is C70H112N14O22. The highest BCUT2D eigenvalue weighted by molar-refractivity contribution is 6.00. The number of unbranched alkanes of at least 4 members (excludes halogenated alkanes) is 10.